The first-order valence-electron chi connectivity index (χ1n) is 5.04. The molecule has 0 fully saturated rings. The number of aryl methyl sites for hydroxylation is 3. The van der Waals surface area contributed by atoms with Gasteiger partial charge in [-0.05, 0) is 49.4 Å². The normalized spacial score (nSPS) is 10.1. The number of rotatable bonds is 3. The maximum Gasteiger partial charge on any atom is 0.404 e. The summed E-state index contributed by atoms with van der Waals surface area (Å²) in [5.41, 5.74) is 4.98. The minimum atomic E-state index is -0.962. The van der Waals surface area contributed by atoms with Gasteiger partial charge >= 0.3 is 6.09 Å². The fraction of sp³-hybridized carbons (Fsp3) is 0.417. The van der Waals surface area contributed by atoms with Gasteiger partial charge in [-0.3, -0.25) is 0 Å². The van der Waals surface area contributed by atoms with Crippen LogP contribution < -0.4 is 5.32 Å². The van der Waals surface area contributed by atoms with Crippen LogP contribution in [0.3, 0.4) is 0 Å². The summed E-state index contributed by atoms with van der Waals surface area (Å²) >= 11 is 0. The number of nitrogens with one attached hydrogen (secondary N) is 1. The topological polar surface area (TPSA) is 49.3 Å². The summed E-state index contributed by atoms with van der Waals surface area (Å²) in [7, 11) is 0. The quantitative estimate of drug-likeness (QED) is 0.799. The van der Waals surface area contributed by atoms with Crippen LogP contribution in [-0.2, 0) is 6.42 Å². The van der Waals surface area contributed by atoms with E-state index in [2.05, 4.69) is 38.2 Å². The molecule has 0 atom stereocenters. The number of carboxylic acid groups (broad SMARTS) is 1. The zero-order chi connectivity index (χ0) is 11.4. The molecule has 0 heterocycles. The Kier molecular flexibility index (Phi) is 3.72. The molecule has 0 aliphatic heterocycles. The van der Waals surface area contributed by atoms with Crippen LogP contribution in [0, 0.1) is 20.8 Å². The molecule has 0 saturated heterocycles. The molecular weight excluding hydrogens is 190 g/mol. The van der Waals surface area contributed by atoms with Crippen LogP contribution in [0.1, 0.15) is 22.3 Å². The lowest BCUT2D eigenvalue weighted by Gasteiger charge is -2.09. The number of amides is 1. The molecule has 0 aliphatic rings. The summed E-state index contributed by atoms with van der Waals surface area (Å²) in [5, 5.41) is 10.8. The first-order chi connectivity index (χ1) is 7.00. The average molecular weight is 207 g/mol. The van der Waals surface area contributed by atoms with E-state index in [1.807, 2.05) is 0 Å². The summed E-state index contributed by atoms with van der Waals surface area (Å²) in [6.07, 6.45) is -0.212. The van der Waals surface area contributed by atoms with Gasteiger partial charge in [-0.2, -0.15) is 0 Å². The van der Waals surface area contributed by atoms with Crippen LogP contribution in [0.25, 0.3) is 0 Å². The minimum absolute atomic E-state index is 0.471. The van der Waals surface area contributed by atoms with Crippen LogP contribution >= 0.6 is 0 Å². The van der Waals surface area contributed by atoms with E-state index in [1.54, 1.807) is 0 Å². The maximum atomic E-state index is 10.3. The van der Waals surface area contributed by atoms with E-state index in [0.29, 0.717) is 6.54 Å². The molecule has 3 heteroatoms. The van der Waals surface area contributed by atoms with Crippen molar-refractivity contribution in [2.75, 3.05) is 6.54 Å². The van der Waals surface area contributed by atoms with Crippen LogP contribution in [-0.4, -0.2) is 17.7 Å². The molecule has 1 aromatic carbocycles. The Labute approximate surface area is 90.1 Å². The van der Waals surface area contributed by atoms with E-state index in [0.717, 1.165) is 6.42 Å². The predicted octanol–water partition coefficient (Wildman–Crippen LogP) is 2.42. The van der Waals surface area contributed by atoms with Crippen molar-refractivity contribution in [1.82, 2.24) is 5.32 Å². The number of carbonyl (C=O) groups is 1. The van der Waals surface area contributed by atoms with Crippen LogP contribution in [0.2, 0.25) is 0 Å². The highest BCUT2D eigenvalue weighted by molar-refractivity contribution is 5.64. The Hall–Kier alpha value is -1.51. The first-order valence-corrected chi connectivity index (χ1v) is 5.04. The molecule has 0 bridgehead atoms. The van der Waals surface area contributed by atoms with E-state index in [4.69, 9.17) is 5.11 Å². The highest BCUT2D eigenvalue weighted by atomic mass is 16.4. The highest BCUT2D eigenvalue weighted by Gasteiger charge is 2.02. The number of benzene rings is 1. The Morgan fingerprint density at radius 2 is 1.80 bits per heavy atom. The van der Waals surface area contributed by atoms with Gasteiger partial charge in [-0.15, -0.1) is 0 Å². The fourth-order valence-electron chi connectivity index (χ4n) is 1.59. The number of hydrogen-bond acceptors (Lipinski definition) is 1. The van der Waals surface area contributed by atoms with Crippen molar-refractivity contribution < 1.29 is 9.90 Å². The molecule has 1 aromatic rings. The smallest absolute Gasteiger partial charge is 0.404 e. The standard InChI is InChI=1S/C12H17NO2/c1-8-6-10(3)11(7-9(8)2)4-5-13-12(14)15/h6-7,13H,4-5H2,1-3H3,(H,14,15). The zero-order valence-corrected chi connectivity index (χ0v) is 9.42. The van der Waals surface area contributed by atoms with Gasteiger partial charge in [0.2, 0.25) is 0 Å². The van der Waals surface area contributed by atoms with Crippen molar-refractivity contribution in [3.63, 3.8) is 0 Å². The third-order valence-corrected chi connectivity index (χ3v) is 2.62. The van der Waals surface area contributed by atoms with E-state index < -0.39 is 6.09 Å². The van der Waals surface area contributed by atoms with Crippen LogP contribution in [0.4, 0.5) is 4.79 Å². The number of hydrogen-bond donors (Lipinski definition) is 2. The lowest BCUT2D eigenvalue weighted by Crippen LogP contribution is -2.23. The van der Waals surface area contributed by atoms with E-state index in [-0.39, 0.29) is 0 Å². The van der Waals surface area contributed by atoms with Gasteiger partial charge in [-0.25, -0.2) is 4.79 Å². The Balaban J connectivity index is 2.69. The second-order valence-corrected chi connectivity index (χ2v) is 3.84. The highest BCUT2D eigenvalue weighted by Crippen LogP contribution is 2.15. The van der Waals surface area contributed by atoms with Crippen molar-refractivity contribution in [2.24, 2.45) is 0 Å². The summed E-state index contributed by atoms with van der Waals surface area (Å²) in [5.74, 6) is 0. The second kappa shape index (κ2) is 4.82. The zero-order valence-electron chi connectivity index (χ0n) is 9.42. The molecule has 1 amide bonds. The maximum absolute atomic E-state index is 10.3. The van der Waals surface area contributed by atoms with Gasteiger partial charge in [0.05, 0.1) is 0 Å². The molecule has 82 valence electrons. The lowest BCUT2D eigenvalue weighted by atomic mass is 9.99. The molecule has 0 aromatic heterocycles. The summed E-state index contributed by atoms with van der Waals surface area (Å²) in [6.45, 7) is 6.69. The fourth-order valence-corrected chi connectivity index (χ4v) is 1.59. The molecule has 2 N–H and O–H groups in total. The van der Waals surface area contributed by atoms with Gasteiger partial charge in [0.25, 0.3) is 0 Å². The summed E-state index contributed by atoms with van der Waals surface area (Å²) in [6, 6.07) is 4.28. The van der Waals surface area contributed by atoms with Crippen molar-refractivity contribution in [3.05, 3.63) is 34.4 Å². The van der Waals surface area contributed by atoms with E-state index in [1.165, 1.54) is 22.3 Å². The van der Waals surface area contributed by atoms with Crippen molar-refractivity contribution in [2.45, 2.75) is 27.2 Å². The monoisotopic (exact) mass is 207 g/mol. The molecule has 0 radical (unpaired) electrons. The van der Waals surface area contributed by atoms with Gasteiger partial charge < -0.3 is 10.4 Å². The molecule has 0 spiro atoms. The Bertz CT molecular complexity index is 372. The van der Waals surface area contributed by atoms with E-state index >= 15 is 0 Å². The van der Waals surface area contributed by atoms with Crippen molar-refractivity contribution in [1.29, 1.82) is 0 Å². The molecule has 15 heavy (non-hydrogen) atoms. The Morgan fingerprint density at radius 3 is 2.40 bits per heavy atom. The van der Waals surface area contributed by atoms with Crippen molar-refractivity contribution >= 4 is 6.09 Å². The molecular formula is C12H17NO2. The molecule has 0 saturated carbocycles. The molecule has 3 nitrogen and oxygen atoms in total. The molecule has 0 aliphatic carbocycles. The second-order valence-electron chi connectivity index (χ2n) is 3.84. The van der Waals surface area contributed by atoms with Gasteiger partial charge in [0.15, 0.2) is 0 Å². The Morgan fingerprint density at radius 1 is 1.20 bits per heavy atom. The van der Waals surface area contributed by atoms with Gasteiger partial charge in [0, 0.05) is 6.54 Å². The van der Waals surface area contributed by atoms with Crippen LogP contribution in [0.5, 0.6) is 0 Å². The largest absolute Gasteiger partial charge is 0.465 e. The lowest BCUT2D eigenvalue weighted by molar-refractivity contribution is 0.194. The van der Waals surface area contributed by atoms with E-state index in [9.17, 15) is 4.79 Å². The summed E-state index contributed by atoms with van der Waals surface area (Å²) < 4.78 is 0. The molecule has 0 unspecified atom stereocenters. The SMILES string of the molecule is Cc1cc(C)c(CCNC(=O)O)cc1C. The third kappa shape index (κ3) is 3.27. The third-order valence-electron chi connectivity index (χ3n) is 2.62. The summed E-state index contributed by atoms with van der Waals surface area (Å²) in [4.78, 5) is 10.3. The minimum Gasteiger partial charge on any atom is -0.465 e. The average Bonchev–Trinajstić information content (AvgIpc) is 2.13. The van der Waals surface area contributed by atoms with Gasteiger partial charge in [-0.1, -0.05) is 12.1 Å². The van der Waals surface area contributed by atoms with Crippen LogP contribution in [0.15, 0.2) is 12.1 Å². The predicted molar refractivity (Wildman–Crippen MR) is 60.4 cm³/mol. The van der Waals surface area contributed by atoms with Gasteiger partial charge in [0.1, 0.15) is 0 Å². The first kappa shape index (κ1) is 11.6. The van der Waals surface area contributed by atoms with Crippen molar-refractivity contribution in [3.8, 4) is 0 Å². The molecule has 1 rings (SSSR count).